The highest BCUT2D eigenvalue weighted by Crippen LogP contribution is 2.33. The van der Waals surface area contributed by atoms with E-state index in [0.717, 1.165) is 72.2 Å². The maximum absolute atomic E-state index is 6.07. The second-order valence-electron chi connectivity index (χ2n) is 8.31. The SMILES string of the molecule is CN1CC2C=CC(c3cnc(N4CCC(N)CC4)nc3-c3ccc(N)cc3)=CC2=N1. The number of hydrogen-bond acceptors (Lipinski definition) is 7. The van der Waals surface area contributed by atoms with Gasteiger partial charge in [-0.3, -0.25) is 5.01 Å². The van der Waals surface area contributed by atoms with Gasteiger partial charge in [0.2, 0.25) is 5.95 Å². The average Bonchev–Trinajstić information content (AvgIpc) is 3.13. The molecule has 0 saturated carbocycles. The van der Waals surface area contributed by atoms with Crippen LogP contribution in [0, 0.1) is 5.92 Å². The molecule has 0 radical (unpaired) electrons. The highest BCUT2D eigenvalue weighted by atomic mass is 15.5. The summed E-state index contributed by atoms with van der Waals surface area (Å²) in [7, 11) is 2.01. The van der Waals surface area contributed by atoms with Crippen molar-refractivity contribution in [3.05, 3.63) is 54.3 Å². The molecule has 4 N–H and O–H groups in total. The van der Waals surface area contributed by atoms with Crippen LogP contribution in [0.25, 0.3) is 16.8 Å². The number of rotatable bonds is 3. The summed E-state index contributed by atoms with van der Waals surface area (Å²) >= 11 is 0. The molecule has 5 rings (SSSR count). The van der Waals surface area contributed by atoms with Gasteiger partial charge in [-0.2, -0.15) is 5.10 Å². The number of hydrogen-bond donors (Lipinski definition) is 2. The number of benzene rings is 1. The van der Waals surface area contributed by atoms with Gasteiger partial charge in [0.15, 0.2) is 0 Å². The largest absolute Gasteiger partial charge is 0.399 e. The van der Waals surface area contributed by atoms with Crippen molar-refractivity contribution in [3.63, 3.8) is 0 Å². The quantitative estimate of drug-likeness (QED) is 0.767. The molecule has 3 heterocycles. The van der Waals surface area contributed by atoms with Gasteiger partial charge in [0, 0.05) is 61.7 Å². The molecule has 1 aromatic heterocycles. The molecular formula is C23H27N7. The number of fused-ring (bicyclic) bond motifs is 1. The molecule has 3 aliphatic rings. The van der Waals surface area contributed by atoms with Crippen molar-refractivity contribution in [2.75, 3.05) is 37.3 Å². The van der Waals surface area contributed by atoms with E-state index in [1.54, 1.807) is 0 Å². The molecule has 2 aromatic rings. The van der Waals surface area contributed by atoms with Gasteiger partial charge < -0.3 is 16.4 Å². The number of allylic oxidation sites excluding steroid dienone is 3. The van der Waals surface area contributed by atoms with Crippen molar-refractivity contribution in [1.82, 2.24) is 15.0 Å². The lowest BCUT2D eigenvalue weighted by atomic mass is 9.91. The van der Waals surface area contributed by atoms with E-state index < -0.39 is 0 Å². The monoisotopic (exact) mass is 401 g/mol. The maximum Gasteiger partial charge on any atom is 0.225 e. The lowest BCUT2D eigenvalue weighted by molar-refractivity contribution is 0.376. The van der Waals surface area contributed by atoms with Crippen LogP contribution < -0.4 is 16.4 Å². The molecule has 1 atom stereocenters. The third kappa shape index (κ3) is 3.57. The molecule has 0 bridgehead atoms. The molecule has 30 heavy (non-hydrogen) atoms. The van der Waals surface area contributed by atoms with Crippen LogP contribution in [-0.4, -0.2) is 53.4 Å². The predicted octanol–water partition coefficient (Wildman–Crippen LogP) is 2.52. The van der Waals surface area contributed by atoms with Gasteiger partial charge in [-0.1, -0.05) is 24.3 Å². The molecule has 7 nitrogen and oxygen atoms in total. The standard InChI is InChI=1S/C23H27N7/c1-29-14-17-3-2-16(12-21(17)28-29)20-13-26-23(30-10-8-19(25)9-11-30)27-22(20)15-4-6-18(24)7-5-15/h2-7,12-13,17,19H,8-11,14,24-25H2,1H3. The Bertz CT molecular complexity index is 1030. The van der Waals surface area contributed by atoms with Crippen LogP contribution in [0.1, 0.15) is 18.4 Å². The van der Waals surface area contributed by atoms with Crippen LogP contribution in [-0.2, 0) is 0 Å². The van der Waals surface area contributed by atoms with E-state index in [4.69, 9.17) is 21.4 Å². The molecular weight excluding hydrogens is 374 g/mol. The third-order valence-electron chi connectivity index (χ3n) is 6.03. The van der Waals surface area contributed by atoms with Gasteiger partial charge in [-0.25, -0.2) is 9.97 Å². The molecule has 154 valence electrons. The first-order chi connectivity index (χ1) is 14.6. The normalized spacial score (nSPS) is 21.5. The van der Waals surface area contributed by atoms with E-state index in [0.29, 0.717) is 5.92 Å². The summed E-state index contributed by atoms with van der Waals surface area (Å²) in [6, 6.07) is 8.14. The summed E-state index contributed by atoms with van der Waals surface area (Å²) in [6.45, 7) is 2.69. The first kappa shape index (κ1) is 18.8. The van der Waals surface area contributed by atoms with Gasteiger partial charge >= 0.3 is 0 Å². The number of piperidine rings is 1. The minimum atomic E-state index is 0.271. The summed E-state index contributed by atoms with van der Waals surface area (Å²) in [5, 5.41) is 6.63. The number of hydrazone groups is 1. The van der Waals surface area contributed by atoms with E-state index >= 15 is 0 Å². The minimum absolute atomic E-state index is 0.271. The fourth-order valence-corrected chi connectivity index (χ4v) is 4.28. The van der Waals surface area contributed by atoms with Gasteiger partial charge in [-0.05, 0) is 36.6 Å². The van der Waals surface area contributed by atoms with Gasteiger partial charge in [0.1, 0.15) is 0 Å². The number of nitrogens with zero attached hydrogens (tertiary/aromatic N) is 5. The molecule has 0 spiro atoms. The lowest BCUT2D eigenvalue weighted by Gasteiger charge is -2.30. The highest BCUT2D eigenvalue weighted by Gasteiger charge is 2.26. The Morgan fingerprint density at radius 2 is 1.87 bits per heavy atom. The Balaban J connectivity index is 1.57. The zero-order chi connectivity index (χ0) is 20.7. The Kier molecular flexibility index (Phi) is 4.75. The zero-order valence-electron chi connectivity index (χ0n) is 17.2. The molecule has 1 saturated heterocycles. The van der Waals surface area contributed by atoms with Crippen molar-refractivity contribution in [2.45, 2.75) is 18.9 Å². The molecule has 1 fully saturated rings. The Hall–Kier alpha value is -3.19. The molecule has 2 aliphatic heterocycles. The second kappa shape index (κ2) is 7.57. The number of aromatic nitrogens is 2. The highest BCUT2D eigenvalue weighted by molar-refractivity contribution is 6.08. The molecule has 0 amide bonds. The molecule has 1 unspecified atom stereocenters. The second-order valence-corrected chi connectivity index (χ2v) is 8.31. The topological polar surface area (TPSA) is 96.7 Å². The van der Waals surface area contributed by atoms with E-state index in [9.17, 15) is 0 Å². The Labute approximate surface area is 176 Å². The number of nitrogen functional groups attached to an aromatic ring is 1. The fraction of sp³-hybridized carbons (Fsp3) is 0.348. The first-order valence-electron chi connectivity index (χ1n) is 10.5. The Morgan fingerprint density at radius 1 is 1.10 bits per heavy atom. The number of nitrogens with two attached hydrogens (primary N) is 2. The maximum atomic E-state index is 6.07. The van der Waals surface area contributed by atoms with E-state index in [1.807, 2.05) is 42.5 Å². The molecule has 1 aromatic carbocycles. The summed E-state index contributed by atoms with van der Waals surface area (Å²) in [5.41, 5.74) is 17.9. The summed E-state index contributed by atoms with van der Waals surface area (Å²) in [6.07, 6.45) is 10.4. The smallest absolute Gasteiger partial charge is 0.225 e. The van der Waals surface area contributed by atoms with E-state index in [2.05, 4.69) is 28.2 Å². The van der Waals surface area contributed by atoms with Crippen molar-refractivity contribution >= 4 is 22.9 Å². The van der Waals surface area contributed by atoms with Crippen LogP contribution in [0.5, 0.6) is 0 Å². The average molecular weight is 402 g/mol. The fourth-order valence-electron chi connectivity index (χ4n) is 4.28. The summed E-state index contributed by atoms with van der Waals surface area (Å²) in [4.78, 5) is 12.0. The van der Waals surface area contributed by atoms with Gasteiger partial charge in [0.25, 0.3) is 0 Å². The van der Waals surface area contributed by atoms with Crippen LogP contribution in [0.3, 0.4) is 0 Å². The number of anilines is 2. The third-order valence-corrected chi connectivity index (χ3v) is 6.03. The van der Waals surface area contributed by atoms with Crippen molar-refractivity contribution < 1.29 is 0 Å². The van der Waals surface area contributed by atoms with Crippen LogP contribution in [0.4, 0.5) is 11.6 Å². The van der Waals surface area contributed by atoms with Gasteiger partial charge in [-0.15, -0.1) is 0 Å². The van der Waals surface area contributed by atoms with Crippen molar-refractivity contribution in [1.29, 1.82) is 0 Å². The minimum Gasteiger partial charge on any atom is -0.399 e. The van der Waals surface area contributed by atoms with Crippen LogP contribution in [0.2, 0.25) is 0 Å². The van der Waals surface area contributed by atoms with Crippen molar-refractivity contribution in [3.8, 4) is 11.3 Å². The lowest BCUT2D eigenvalue weighted by Crippen LogP contribution is -2.40. The zero-order valence-corrected chi connectivity index (χ0v) is 17.2. The van der Waals surface area contributed by atoms with Crippen LogP contribution in [0.15, 0.2) is 53.8 Å². The molecule has 7 heteroatoms. The van der Waals surface area contributed by atoms with E-state index in [-0.39, 0.29) is 6.04 Å². The first-order valence-corrected chi connectivity index (χ1v) is 10.5. The summed E-state index contributed by atoms with van der Waals surface area (Å²) < 4.78 is 0. The van der Waals surface area contributed by atoms with E-state index in [1.165, 1.54) is 0 Å². The molecule has 1 aliphatic carbocycles. The van der Waals surface area contributed by atoms with Gasteiger partial charge in [0.05, 0.1) is 11.4 Å². The van der Waals surface area contributed by atoms with Crippen molar-refractivity contribution in [2.24, 2.45) is 16.8 Å². The van der Waals surface area contributed by atoms with Crippen LogP contribution >= 0.6 is 0 Å². The predicted molar refractivity (Wildman–Crippen MR) is 122 cm³/mol. The summed E-state index contributed by atoms with van der Waals surface area (Å²) in [5.74, 6) is 1.12. The Morgan fingerprint density at radius 3 is 2.63 bits per heavy atom.